The lowest BCUT2D eigenvalue weighted by Gasteiger charge is -2.12. The Kier molecular flexibility index (Phi) is 3.43. The fourth-order valence-electron chi connectivity index (χ4n) is 3.55. The van der Waals surface area contributed by atoms with Crippen LogP contribution in [0.3, 0.4) is 0 Å². The number of hydrogen-bond donors (Lipinski definition) is 0. The number of nitrogens with zero attached hydrogens (tertiary/aromatic N) is 2. The molecule has 4 rings (SSSR count). The molecule has 0 radical (unpaired) electrons. The molecule has 0 bridgehead atoms. The van der Waals surface area contributed by atoms with Crippen molar-refractivity contribution in [2.75, 3.05) is 0 Å². The minimum absolute atomic E-state index is 1.14. The lowest BCUT2D eigenvalue weighted by Crippen LogP contribution is -2.31. The molecular formula is C21H21N2S+. The van der Waals surface area contributed by atoms with Crippen LogP contribution in [0.15, 0.2) is 36.7 Å². The van der Waals surface area contributed by atoms with E-state index in [1.165, 1.54) is 48.3 Å². The summed E-state index contributed by atoms with van der Waals surface area (Å²) in [5, 5.41) is 2.67. The Balaban J connectivity index is 2.16. The fraction of sp³-hybridized carbons (Fsp3) is 0.238. The third-order valence-electron chi connectivity index (χ3n) is 5.06. The van der Waals surface area contributed by atoms with Crippen molar-refractivity contribution in [3.8, 4) is 11.3 Å². The van der Waals surface area contributed by atoms with Crippen LogP contribution in [0.2, 0.25) is 0 Å². The maximum absolute atomic E-state index is 4.68. The van der Waals surface area contributed by atoms with E-state index in [4.69, 9.17) is 0 Å². The van der Waals surface area contributed by atoms with Crippen molar-refractivity contribution in [1.29, 1.82) is 0 Å². The van der Waals surface area contributed by atoms with E-state index >= 15 is 0 Å². The van der Waals surface area contributed by atoms with Gasteiger partial charge in [-0.25, -0.2) is 4.57 Å². The van der Waals surface area contributed by atoms with Crippen LogP contribution in [0.25, 0.3) is 32.2 Å². The Labute approximate surface area is 146 Å². The van der Waals surface area contributed by atoms with Crippen molar-refractivity contribution in [1.82, 2.24) is 4.98 Å². The average molecular weight is 333 g/mol. The average Bonchev–Trinajstić information content (AvgIpc) is 2.86. The molecule has 2 nitrogen and oxygen atoms in total. The third kappa shape index (κ3) is 2.08. The summed E-state index contributed by atoms with van der Waals surface area (Å²) in [6, 6.07) is 11.0. The van der Waals surface area contributed by atoms with E-state index in [9.17, 15) is 0 Å². The number of aromatic nitrogens is 2. The van der Waals surface area contributed by atoms with E-state index in [0.717, 1.165) is 5.52 Å². The Bertz CT molecular complexity index is 1110. The van der Waals surface area contributed by atoms with Crippen LogP contribution in [-0.2, 0) is 7.05 Å². The van der Waals surface area contributed by atoms with Crippen LogP contribution in [0.4, 0.5) is 0 Å². The van der Waals surface area contributed by atoms with Crippen molar-refractivity contribution < 1.29 is 4.57 Å². The van der Waals surface area contributed by atoms with Gasteiger partial charge in [0.2, 0.25) is 5.52 Å². The minimum Gasteiger partial charge on any atom is -0.231 e. The molecular weight excluding hydrogens is 312 g/mol. The molecule has 0 saturated heterocycles. The van der Waals surface area contributed by atoms with Crippen LogP contribution in [0, 0.1) is 27.7 Å². The summed E-state index contributed by atoms with van der Waals surface area (Å²) >= 11 is 1.85. The van der Waals surface area contributed by atoms with Gasteiger partial charge in [0, 0.05) is 16.0 Å². The van der Waals surface area contributed by atoms with Gasteiger partial charge in [0.25, 0.3) is 6.33 Å². The van der Waals surface area contributed by atoms with Gasteiger partial charge < -0.3 is 0 Å². The lowest BCUT2D eigenvalue weighted by molar-refractivity contribution is -0.662. The van der Waals surface area contributed by atoms with Crippen LogP contribution in [0.1, 0.15) is 21.6 Å². The quantitative estimate of drug-likeness (QED) is 0.439. The molecule has 0 unspecified atom stereocenters. The van der Waals surface area contributed by atoms with Crippen LogP contribution in [0.5, 0.6) is 0 Å². The zero-order valence-electron chi connectivity index (χ0n) is 14.8. The molecule has 3 heteroatoms. The van der Waals surface area contributed by atoms with Gasteiger partial charge in [0.15, 0.2) is 5.69 Å². The molecule has 0 aliphatic heterocycles. The van der Waals surface area contributed by atoms with E-state index in [1.54, 1.807) is 0 Å². The normalized spacial score (nSPS) is 11.5. The van der Waals surface area contributed by atoms with E-state index in [0.29, 0.717) is 0 Å². The minimum atomic E-state index is 1.14. The molecule has 4 aromatic rings. The Hall–Kier alpha value is -2.26. The number of fused-ring (bicyclic) bond motifs is 2. The van der Waals surface area contributed by atoms with Crippen molar-refractivity contribution >= 4 is 32.3 Å². The molecule has 0 N–H and O–H groups in total. The Morgan fingerprint density at radius 3 is 2.42 bits per heavy atom. The summed E-state index contributed by atoms with van der Waals surface area (Å²) in [5.74, 6) is 0. The van der Waals surface area contributed by atoms with E-state index in [1.807, 2.05) is 17.7 Å². The van der Waals surface area contributed by atoms with Crippen molar-refractivity contribution in [3.63, 3.8) is 0 Å². The van der Waals surface area contributed by atoms with Crippen LogP contribution >= 0.6 is 11.3 Å². The lowest BCUT2D eigenvalue weighted by atomic mass is 9.94. The predicted octanol–water partition coefficient (Wildman–Crippen LogP) is 5.17. The third-order valence-corrected chi connectivity index (χ3v) is 6.26. The number of hydrogen-bond acceptors (Lipinski definition) is 2. The summed E-state index contributed by atoms with van der Waals surface area (Å²) in [7, 11) is 2.09. The van der Waals surface area contributed by atoms with Crippen LogP contribution < -0.4 is 4.57 Å². The molecule has 0 spiro atoms. The smallest absolute Gasteiger partial charge is 0.231 e. The van der Waals surface area contributed by atoms with E-state index in [2.05, 4.69) is 74.6 Å². The second kappa shape index (κ2) is 5.38. The molecule has 0 aliphatic carbocycles. The molecule has 2 heterocycles. The summed E-state index contributed by atoms with van der Waals surface area (Å²) in [4.78, 5) is 6.02. The number of rotatable bonds is 1. The molecule has 0 aliphatic rings. The fourth-order valence-corrected chi connectivity index (χ4v) is 4.76. The molecule has 24 heavy (non-hydrogen) atoms. The maximum atomic E-state index is 4.68. The van der Waals surface area contributed by atoms with Gasteiger partial charge in [-0.2, -0.15) is 0 Å². The van der Waals surface area contributed by atoms with Crippen molar-refractivity contribution in [3.05, 3.63) is 58.2 Å². The first-order valence-corrected chi connectivity index (χ1v) is 9.04. The van der Waals surface area contributed by atoms with E-state index in [-0.39, 0.29) is 0 Å². The topological polar surface area (TPSA) is 16.8 Å². The van der Waals surface area contributed by atoms with Gasteiger partial charge in [-0.3, -0.25) is 0 Å². The Morgan fingerprint density at radius 1 is 0.958 bits per heavy atom. The zero-order chi connectivity index (χ0) is 17.0. The molecule has 2 aromatic heterocycles. The largest absolute Gasteiger partial charge is 0.287 e. The highest BCUT2D eigenvalue weighted by atomic mass is 32.1. The summed E-state index contributed by atoms with van der Waals surface area (Å²) in [6.07, 6.45) is 1.95. The number of thiophene rings is 1. The highest BCUT2D eigenvalue weighted by Crippen LogP contribution is 2.37. The first kappa shape index (κ1) is 15.3. The highest BCUT2D eigenvalue weighted by molar-refractivity contribution is 7.19. The molecule has 0 atom stereocenters. The number of benzene rings is 2. The second-order valence-electron chi connectivity index (χ2n) is 6.58. The maximum Gasteiger partial charge on any atom is 0.287 e. The van der Waals surface area contributed by atoms with Gasteiger partial charge >= 0.3 is 0 Å². The first-order chi connectivity index (χ1) is 11.5. The first-order valence-electron chi connectivity index (χ1n) is 8.22. The van der Waals surface area contributed by atoms with Gasteiger partial charge in [-0.1, -0.05) is 24.3 Å². The van der Waals surface area contributed by atoms with Gasteiger partial charge in [0.1, 0.15) is 4.70 Å². The predicted molar refractivity (Wildman–Crippen MR) is 103 cm³/mol. The van der Waals surface area contributed by atoms with Crippen molar-refractivity contribution in [2.24, 2.45) is 7.05 Å². The standard InChI is InChI=1S/C21H21N2S/c1-12-10-18(14(3)17-9-7-6-8-16(12)17)20-21-19(22-11-23(20)5)13(2)15(4)24-21/h6-11H,1-5H3/q+1. The van der Waals surface area contributed by atoms with Gasteiger partial charge in [-0.05, 0) is 60.6 Å². The monoisotopic (exact) mass is 333 g/mol. The SMILES string of the molecule is Cc1sc2c(-c3cc(C)c4ccccc4c3C)[n+](C)cnc2c1C. The van der Waals surface area contributed by atoms with Crippen LogP contribution in [-0.4, -0.2) is 4.98 Å². The Morgan fingerprint density at radius 2 is 1.67 bits per heavy atom. The number of aryl methyl sites for hydroxylation is 5. The molecule has 2 aromatic carbocycles. The summed E-state index contributed by atoms with van der Waals surface area (Å²) in [5.41, 5.74) is 7.67. The summed E-state index contributed by atoms with van der Waals surface area (Å²) in [6.45, 7) is 8.79. The second-order valence-corrected chi connectivity index (χ2v) is 7.80. The van der Waals surface area contributed by atoms with Crippen molar-refractivity contribution in [2.45, 2.75) is 27.7 Å². The molecule has 0 saturated carbocycles. The van der Waals surface area contributed by atoms with Gasteiger partial charge in [-0.15, -0.1) is 11.3 Å². The highest BCUT2D eigenvalue weighted by Gasteiger charge is 2.22. The molecule has 0 amide bonds. The zero-order valence-corrected chi connectivity index (χ0v) is 15.6. The molecule has 120 valence electrons. The van der Waals surface area contributed by atoms with Gasteiger partial charge in [0.05, 0.1) is 7.05 Å². The summed E-state index contributed by atoms with van der Waals surface area (Å²) < 4.78 is 3.45. The molecule has 0 fully saturated rings. The van der Waals surface area contributed by atoms with E-state index < -0.39 is 0 Å².